The smallest absolute Gasteiger partial charge is 0.172 e. The van der Waals surface area contributed by atoms with E-state index in [9.17, 15) is 15.8 Å². The number of fused-ring (bicyclic) bond motifs is 2. The molecule has 6 nitrogen and oxygen atoms in total. The lowest BCUT2D eigenvalue weighted by Gasteiger charge is -2.33. The largest absolute Gasteiger partial charge is 0.480 e. The van der Waals surface area contributed by atoms with E-state index in [2.05, 4.69) is 109 Å². The van der Waals surface area contributed by atoms with Crippen LogP contribution in [-0.2, 0) is 4.74 Å². The number of hydrogen-bond acceptors (Lipinski definition) is 7. The zero-order valence-corrected chi connectivity index (χ0v) is 29.9. The van der Waals surface area contributed by atoms with Crippen molar-refractivity contribution >= 4 is 47.1 Å². The molecule has 3 aromatic carbocycles. The van der Waals surface area contributed by atoms with E-state index in [4.69, 9.17) is 4.74 Å². The number of anilines is 3. The third-order valence-corrected chi connectivity index (χ3v) is 10.1. The lowest BCUT2D eigenvalue weighted by molar-refractivity contribution is 0.0954. The van der Waals surface area contributed by atoms with Crippen LogP contribution >= 0.6 is 11.8 Å². The van der Waals surface area contributed by atoms with Crippen molar-refractivity contribution in [3.63, 3.8) is 0 Å². The van der Waals surface area contributed by atoms with Gasteiger partial charge in [-0.1, -0.05) is 86.5 Å². The van der Waals surface area contributed by atoms with Gasteiger partial charge in [0.15, 0.2) is 11.3 Å². The summed E-state index contributed by atoms with van der Waals surface area (Å²) in [6, 6.07) is 27.8. The van der Waals surface area contributed by atoms with Crippen LogP contribution in [0, 0.1) is 34.0 Å². The maximum Gasteiger partial charge on any atom is 0.172 e. The van der Waals surface area contributed by atoms with E-state index >= 15 is 0 Å². The first-order valence-corrected chi connectivity index (χ1v) is 17.9. The Balaban J connectivity index is 1.45. The molecule has 3 aromatic rings. The van der Waals surface area contributed by atoms with E-state index in [1.807, 2.05) is 38.1 Å². The van der Waals surface area contributed by atoms with Crippen LogP contribution < -0.4 is 9.80 Å². The Morgan fingerprint density at radius 2 is 1.35 bits per heavy atom. The monoisotopic (exact) mass is 665 g/mol. The zero-order valence-electron chi connectivity index (χ0n) is 29.1. The summed E-state index contributed by atoms with van der Waals surface area (Å²) < 4.78 is 5.95. The zero-order chi connectivity index (χ0) is 35.0. The van der Waals surface area contributed by atoms with Crippen molar-refractivity contribution in [2.45, 2.75) is 75.7 Å². The molecule has 2 aliphatic rings. The number of allylic oxidation sites excluding steroid dienone is 2. The van der Waals surface area contributed by atoms with Crippen molar-refractivity contribution in [3.05, 3.63) is 106 Å². The normalized spacial score (nSPS) is 14.7. The van der Waals surface area contributed by atoms with Gasteiger partial charge in [0.25, 0.3) is 0 Å². The van der Waals surface area contributed by atoms with Gasteiger partial charge in [-0.25, -0.2) is 0 Å². The number of hydrogen-bond donors (Lipinski definition) is 0. The average molecular weight is 666 g/mol. The molecule has 0 unspecified atom stereocenters. The number of benzene rings is 3. The molecule has 0 fully saturated rings. The van der Waals surface area contributed by atoms with Gasteiger partial charge in [-0.05, 0) is 87.2 Å². The van der Waals surface area contributed by atoms with Gasteiger partial charge in [-0.15, -0.1) is 0 Å². The van der Waals surface area contributed by atoms with Crippen LogP contribution in [0.4, 0.5) is 17.1 Å². The highest BCUT2D eigenvalue weighted by atomic mass is 32.2. The number of unbranched alkanes of at least 4 members (excludes halogenated alkanes) is 3. The topological polar surface area (TPSA) is 87.1 Å². The maximum absolute atomic E-state index is 9.95. The predicted octanol–water partition coefficient (Wildman–Crippen LogP) is 10.8. The van der Waals surface area contributed by atoms with E-state index in [0.29, 0.717) is 5.57 Å². The molecular formula is C42H43N5OS. The molecule has 7 heteroatoms. The van der Waals surface area contributed by atoms with Gasteiger partial charge in [0.05, 0.1) is 11.4 Å². The summed E-state index contributed by atoms with van der Waals surface area (Å²) in [5.74, 6) is 0.0509. The molecule has 0 saturated heterocycles. The highest BCUT2D eigenvalue weighted by Gasteiger charge is 2.38. The lowest BCUT2D eigenvalue weighted by Crippen LogP contribution is -2.22. The second-order valence-corrected chi connectivity index (χ2v) is 13.7. The molecule has 5 rings (SSSR count). The summed E-state index contributed by atoms with van der Waals surface area (Å²) in [5, 5.41) is 28.8. The lowest BCUT2D eigenvalue weighted by atomic mass is 9.94. The minimum Gasteiger partial charge on any atom is -0.480 e. The van der Waals surface area contributed by atoms with Crippen molar-refractivity contribution in [1.29, 1.82) is 15.8 Å². The second-order valence-electron chi connectivity index (χ2n) is 12.6. The van der Waals surface area contributed by atoms with Crippen molar-refractivity contribution in [2.75, 3.05) is 29.4 Å². The van der Waals surface area contributed by atoms with Crippen LogP contribution in [0.1, 0.15) is 77.0 Å². The van der Waals surface area contributed by atoms with E-state index < -0.39 is 5.60 Å². The fraction of sp³-hybridized carbons (Fsp3) is 0.310. The first kappa shape index (κ1) is 35.2. The van der Waals surface area contributed by atoms with Crippen molar-refractivity contribution < 1.29 is 4.74 Å². The molecule has 0 saturated carbocycles. The standard InChI is InChI=1S/C42H43N5OS/c1-6-9-10-11-24-47-37-22-17-31(13-12-30-14-19-34(20-15-30)46(7-2)8-3)25-39(37)49-40-26-32(18-23-38(40)47)16-21-36-35(29-45)41(33(27-43)28-44)48-42(36,4)5/h12-23,25-26H,6-11,24H2,1-5H3/b13-12+,21-16+. The predicted molar refractivity (Wildman–Crippen MR) is 202 cm³/mol. The number of nitrogens with zero attached hydrogens (tertiary/aromatic N) is 5. The van der Waals surface area contributed by atoms with Gasteiger partial charge < -0.3 is 14.5 Å². The highest BCUT2D eigenvalue weighted by Crippen LogP contribution is 2.49. The van der Waals surface area contributed by atoms with Gasteiger partial charge in [-0.2, -0.15) is 15.8 Å². The summed E-state index contributed by atoms with van der Waals surface area (Å²) in [5.41, 5.74) is 6.80. The fourth-order valence-corrected chi connectivity index (χ4v) is 7.50. The van der Waals surface area contributed by atoms with Crippen molar-refractivity contribution in [1.82, 2.24) is 0 Å². The first-order valence-electron chi connectivity index (χ1n) is 17.1. The SMILES string of the molecule is CCCCCCN1c2ccc(/C=C/C3=C(C#N)C(=C(C#N)C#N)OC3(C)C)cc2Sc2cc(/C=C/c3ccc(N(CC)CC)cc3)ccc21. The van der Waals surface area contributed by atoms with Crippen LogP contribution in [0.3, 0.4) is 0 Å². The first-order chi connectivity index (χ1) is 23.8. The average Bonchev–Trinajstić information content (AvgIpc) is 3.37. The second kappa shape index (κ2) is 15.8. The Kier molecular flexibility index (Phi) is 11.4. The van der Waals surface area contributed by atoms with Gasteiger partial charge in [0.1, 0.15) is 29.4 Å². The van der Waals surface area contributed by atoms with Crippen LogP contribution in [0.15, 0.2) is 99.0 Å². The molecule has 0 aromatic heterocycles. The van der Waals surface area contributed by atoms with Crippen LogP contribution in [0.25, 0.3) is 18.2 Å². The number of nitriles is 3. The summed E-state index contributed by atoms with van der Waals surface area (Å²) in [6.45, 7) is 13.2. The Morgan fingerprint density at radius 1 is 0.776 bits per heavy atom. The van der Waals surface area contributed by atoms with Crippen LogP contribution in [0.2, 0.25) is 0 Å². The Morgan fingerprint density at radius 3 is 1.90 bits per heavy atom. The summed E-state index contributed by atoms with van der Waals surface area (Å²) in [4.78, 5) is 7.20. The third-order valence-electron chi connectivity index (χ3n) is 9.00. The van der Waals surface area contributed by atoms with Crippen molar-refractivity contribution in [2.24, 2.45) is 0 Å². The van der Waals surface area contributed by atoms with E-state index in [1.165, 1.54) is 51.7 Å². The molecule has 248 valence electrons. The minimum atomic E-state index is -0.857. The van der Waals surface area contributed by atoms with Crippen LogP contribution in [0.5, 0.6) is 0 Å². The molecule has 0 atom stereocenters. The van der Waals surface area contributed by atoms with Crippen LogP contribution in [-0.4, -0.2) is 25.2 Å². The molecule has 0 spiro atoms. The molecule has 0 radical (unpaired) electrons. The highest BCUT2D eigenvalue weighted by molar-refractivity contribution is 7.99. The Hall–Kier alpha value is -5.16. The fourth-order valence-electron chi connectivity index (χ4n) is 6.30. The van der Waals surface area contributed by atoms with E-state index in [1.54, 1.807) is 11.8 Å². The number of ether oxygens (including phenoxy) is 1. The maximum atomic E-state index is 9.95. The summed E-state index contributed by atoms with van der Waals surface area (Å²) in [6.07, 6.45) is 13.0. The quantitative estimate of drug-likeness (QED) is 0.108. The van der Waals surface area contributed by atoms with Gasteiger partial charge in [0, 0.05) is 40.7 Å². The molecule has 0 aliphatic carbocycles. The molecule has 2 heterocycles. The third kappa shape index (κ3) is 7.78. The summed E-state index contributed by atoms with van der Waals surface area (Å²) in [7, 11) is 0. The molecule has 0 N–H and O–H groups in total. The Bertz CT molecular complexity index is 1930. The van der Waals surface area contributed by atoms with E-state index in [-0.39, 0.29) is 16.9 Å². The summed E-state index contributed by atoms with van der Waals surface area (Å²) >= 11 is 1.78. The molecular weight excluding hydrogens is 623 g/mol. The molecule has 2 aliphatic heterocycles. The minimum absolute atomic E-state index is 0.0509. The molecule has 49 heavy (non-hydrogen) atoms. The van der Waals surface area contributed by atoms with Gasteiger partial charge in [-0.3, -0.25) is 0 Å². The van der Waals surface area contributed by atoms with Gasteiger partial charge >= 0.3 is 0 Å². The Labute approximate surface area is 295 Å². The van der Waals surface area contributed by atoms with Crippen molar-refractivity contribution in [3.8, 4) is 18.2 Å². The molecule has 0 bridgehead atoms. The molecule has 0 amide bonds. The van der Waals surface area contributed by atoms with Gasteiger partial charge in [0.2, 0.25) is 0 Å². The number of rotatable bonds is 12. The van der Waals surface area contributed by atoms with E-state index in [0.717, 1.165) is 37.2 Å².